The minimum atomic E-state index is -3.42. The normalized spacial score (nSPS) is 11.6. The Labute approximate surface area is 113 Å². The smallest absolute Gasteiger partial charge is 0.226 e. The Morgan fingerprint density at radius 2 is 2.11 bits per heavy atom. The van der Waals surface area contributed by atoms with Gasteiger partial charge in [-0.1, -0.05) is 0 Å². The minimum absolute atomic E-state index is 0.0320. The van der Waals surface area contributed by atoms with E-state index < -0.39 is 10.0 Å². The summed E-state index contributed by atoms with van der Waals surface area (Å²) in [6, 6.07) is 1.75. The molecule has 0 atom stereocenters. The van der Waals surface area contributed by atoms with Gasteiger partial charge in [-0.2, -0.15) is 4.98 Å². The molecular weight excluding hydrogens is 268 g/mol. The van der Waals surface area contributed by atoms with Crippen molar-refractivity contribution < 1.29 is 13.2 Å². The average molecular weight is 288 g/mol. The highest BCUT2D eigenvalue weighted by atomic mass is 32.2. The number of rotatable bonds is 7. The van der Waals surface area contributed by atoms with Crippen LogP contribution in [-0.4, -0.2) is 36.8 Å². The molecule has 1 aromatic rings. The van der Waals surface area contributed by atoms with Gasteiger partial charge in [0.1, 0.15) is 0 Å². The van der Waals surface area contributed by atoms with Crippen molar-refractivity contribution in [1.29, 1.82) is 0 Å². The van der Waals surface area contributed by atoms with Crippen molar-refractivity contribution in [3.05, 3.63) is 11.8 Å². The molecule has 1 rings (SSSR count). The molecule has 0 aliphatic carbocycles. The molecule has 108 valence electrons. The van der Waals surface area contributed by atoms with Crippen LogP contribution in [0.25, 0.3) is 0 Å². The largest absolute Gasteiger partial charge is 0.475 e. The number of anilines is 1. The Balaban J connectivity index is 2.56. The maximum atomic E-state index is 10.8. The zero-order valence-electron chi connectivity index (χ0n) is 11.4. The van der Waals surface area contributed by atoms with E-state index in [0.717, 1.165) is 5.69 Å². The fraction of sp³-hybridized carbons (Fsp3) is 0.636. The van der Waals surface area contributed by atoms with Gasteiger partial charge in [-0.05, 0) is 27.2 Å². The van der Waals surface area contributed by atoms with Gasteiger partial charge in [0.05, 0.1) is 11.9 Å². The van der Waals surface area contributed by atoms with E-state index in [0.29, 0.717) is 24.8 Å². The van der Waals surface area contributed by atoms with Crippen molar-refractivity contribution in [1.82, 2.24) is 9.97 Å². The molecule has 0 radical (unpaired) electrons. The SMILES string of the molecule is Cc1cc(OC(C)C)nc(NCCCS(N)(=O)=O)n1. The topological polar surface area (TPSA) is 107 Å². The molecule has 1 aromatic heterocycles. The standard InChI is InChI=1S/C11H20N4O3S/c1-8(2)18-10-7-9(3)14-11(15-10)13-5-4-6-19(12,16)17/h7-8H,4-6H2,1-3H3,(H2,12,16,17)(H,13,14,15). The van der Waals surface area contributed by atoms with Gasteiger partial charge in [0.2, 0.25) is 21.9 Å². The summed E-state index contributed by atoms with van der Waals surface area (Å²) in [5.74, 6) is 0.850. The van der Waals surface area contributed by atoms with Gasteiger partial charge >= 0.3 is 0 Å². The van der Waals surface area contributed by atoms with Gasteiger partial charge in [-0.25, -0.2) is 18.5 Å². The molecule has 0 fully saturated rings. The third-order valence-corrected chi connectivity index (χ3v) is 2.93. The molecule has 19 heavy (non-hydrogen) atoms. The van der Waals surface area contributed by atoms with Crippen LogP contribution in [0.4, 0.5) is 5.95 Å². The Bertz CT molecular complexity index is 517. The molecular formula is C11H20N4O3S. The molecule has 7 nitrogen and oxygen atoms in total. The summed E-state index contributed by atoms with van der Waals surface area (Å²) in [7, 11) is -3.42. The maximum Gasteiger partial charge on any atom is 0.226 e. The van der Waals surface area contributed by atoms with Crippen LogP contribution in [0.2, 0.25) is 0 Å². The summed E-state index contributed by atoms with van der Waals surface area (Å²) in [6.07, 6.45) is 0.431. The van der Waals surface area contributed by atoms with Gasteiger partial charge in [0.25, 0.3) is 0 Å². The van der Waals surface area contributed by atoms with Crippen molar-refractivity contribution in [3.63, 3.8) is 0 Å². The van der Waals surface area contributed by atoms with Gasteiger partial charge < -0.3 is 10.1 Å². The zero-order chi connectivity index (χ0) is 14.5. The number of primary sulfonamides is 1. The highest BCUT2D eigenvalue weighted by molar-refractivity contribution is 7.89. The number of hydrogen-bond donors (Lipinski definition) is 2. The summed E-state index contributed by atoms with van der Waals surface area (Å²) >= 11 is 0. The number of aromatic nitrogens is 2. The van der Waals surface area contributed by atoms with E-state index in [2.05, 4.69) is 15.3 Å². The molecule has 0 unspecified atom stereocenters. The van der Waals surface area contributed by atoms with E-state index in [1.165, 1.54) is 0 Å². The Kier molecular flexibility index (Phi) is 5.49. The predicted octanol–water partition coefficient (Wildman–Crippen LogP) is 0.663. The van der Waals surface area contributed by atoms with Crippen LogP contribution in [0, 0.1) is 6.92 Å². The summed E-state index contributed by atoms with van der Waals surface area (Å²) in [5.41, 5.74) is 0.777. The lowest BCUT2D eigenvalue weighted by atomic mass is 10.4. The number of nitrogens with two attached hydrogens (primary N) is 1. The second-order valence-corrected chi connectivity index (χ2v) is 6.22. The lowest BCUT2D eigenvalue weighted by Crippen LogP contribution is -2.19. The van der Waals surface area contributed by atoms with Crippen molar-refractivity contribution in [2.24, 2.45) is 5.14 Å². The Morgan fingerprint density at radius 1 is 1.42 bits per heavy atom. The van der Waals surface area contributed by atoms with Gasteiger partial charge in [0.15, 0.2) is 0 Å². The first-order valence-electron chi connectivity index (χ1n) is 6.03. The fourth-order valence-corrected chi connectivity index (χ4v) is 1.94. The number of hydrogen-bond acceptors (Lipinski definition) is 6. The molecule has 3 N–H and O–H groups in total. The van der Waals surface area contributed by atoms with Crippen LogP contribution in [0.1, 0.15) is 26.0 Å². The molecule has 0 aliphatic rings. The lowest BCUT2D eigenvalue weighted by Gasteiger charge is -2.11. The van der Waals surface area contributed by atoms with E-state index in [9.17, 15) is 8.42 Å². The molecule has 0 saturated carbocycles. The number of ether oxygens (including phenoxy) is 1. The maximum absolute atomic E-state index is 10.8. The first-order chi connectivity index (χ1) is 8.76. The third-order valence-electron chi connectivity index (χ3n) is 2.08. The quantitative estimate of drug-likeness (QED) is 0.714. The molecule has 0 saturated heterocycles. The lowest BCUT2D eigenvalue weighted by molar-refractivity contribution is 0.232. The summed E-state index contributed by atoms with van der Waals surface area (Å²) < 4.78 is 27.0. The van der Waals surface area contributed by atoms with Crippen molar-refractivity contribution in [2.45, 2.75) is 33.3 Å². The Morgan fingerprint density at radius 3 is 2.68 bits per heavy atom. The molecule has 0 aromatic carbocycles. The van der Waals surface area contributed by atoms with Crippen LogP contribution < -0.4 is 15.2 Å². The van der Waals surface area contributed by atoms with E-state index in [1.807, 2.05) is 20.8 Å². The second-order valence-electron chi connectivity index (χ2n) is 4.49. The molecule has 0 aliphatic heterocycles. The highest BCUT2D eigenvalue weighted by Gasteiger charge is 2.06. The van der Waals surface area contributed by atoms with Crippen LogP contribution in [0.5, 0.6) is 5.88 Å². The van der Waals surface area contributed by atoms with E-state index >= 15 is 0 Å². The number of nitrogens with one attached hydrogen (secondary N) is 1. The van der Waals surface area contributed by atoms with Crippen LogP contribution in [-0.2, 0) is 10.0 Å². The minimum Gasteiger partial charge on any atom is -0.475 e. The molecule has 8 heteroatoms. The fourth-order valence-electron chi connectivity index (χ4n) is 1.39. The average Bonchev–Trinajstić information content (AvgIpc) is 2.21. The van der Waals surface area contributed by atoms with Gasteiger partial charge in [-0.3, -0.25) is 0 Å². The van der Waals surface area contributed by atoms with Crippen molar-refractivity contribution in [3.8, 4) is 5.88 Å². The summed E-state index contributed by atoms with van der Waals surface area (Å²) in [4.78, 5) is 8.37. The first-order valence-corrected chi connectivity index (χ1v) is 7.74. The van der Waals surface area contributed by atoms with Gasteiger partial charge in [-0.15, -0.1) is 0 Å². The molecule has 0 amide bonds. The van der Waals surface area contributed by atoms with E-state index in [4.69, 9.17) is 9.88 Å². The first kappa shape index (κ1) is 15.6. The zero-order valence-corrected chi connectivity index (χ0v) is 12.2. The van der Waals surface area contributed by atoms with Crippen LogP contribution in [0.3, 0.4) is 0 Å². The van der Waals surface area contributed by atoms with Crippen molar-refractivity contribution in [2.75, 3.05) is 17.6 Å². The number of nitrogens with zero attached hydrogens (tertiary/aromatic N) is 2. The second kappa shape index (κ2) is 6.67. The highest BCUT2D eigenvalue weighted by Crippen LogP contribution is 2.13. The summed E-state index contributed by atoms with van der Waals surface area (Å²) in [6.45, 7) is 6.10. The van der Waals surface area contributed by atoms with Crippen LogP contribution in [0.15, 0.2) is 6.07 Å². The number of sulfonamides is 1. The van der Waals surface area contributed by atoms with E-state index in [-0.39, 0.29) is 11.9 Å². The molecule has 0 spiro atoms. The Hall–Kier alpha value is -1.41. The van der Waals surface area contributed by atoms with E-state index in [1.54, 1.807) is 6.07 Å². The van der Waals surface area contributed by atoms with Gasteiger partial charge in [0, 0.05) is 18.3 Å². The third kappa shape index (κ3) is 6.92. The molecule has 0 bridgehead atoms. The monoisotopic (exact) mass is 288 g/mol. The van der Waals surface area contributed by atoms with Crippen molar-refractivity contribution >= 4 is 16.0 Å². The predicted molar refractivity (Wildman–Crippen MR) is 73.6 cm³/mol. The summed E-state index contributed by atoms with van der Waals surface area (Å²) in [5, 5.41) is 7.86. The molecule has 1 heterocycles. The number of aryl methyl sites for hydroxylation is 1. The van der Waals surface area contributed by atoms with Crippen LogP contribution >= 0.6 is 0 Å².